The zero-order valence-electron chi connectivity index (χ0n) is 23.0. The van der Waals surface area contributed by atoms with Crippen LogP contribution in [0.25, 0.3) is 21.2 Å². The van der Waals surface area contributed by atoms with Gasteiger partial charge in [-0.25, -0.2) is 8.78 Å². The summed E-state index contributed by atoms with van der Waals surface area (Å²) in [4.78, 5) is 16.7. The highest BCUT2D eigenvalue weighted by Gasteiger charge is 2.33. The fraction of sp³-hybridized carbons (Fsp3) is 0.323. The van der Waals surface area contributed by atoms with Gasteiger partial charge in [0.25, 0.3) is 5.91 Å². The van der Waals surface area contributed by atoms with Crippen LogP contribution in [0.15, 0.2) is 59.5 Å². The number of nitrogens with zero attached hydrogens (tertiary/aromatic N) is 1. The summed E-state index contributed by atoms with van der Waals surface area (Å²) in [5.74, 6) is -1.05. The Hall–Kier alpha value is -2.85. The molecule has 1 aliphatic rings. The highest BCUT2D eigenvalue weighted by Crippen LogP contribution is 2.41. The standard InChI is InChI=1S/C31H31ClF2N2O3S2/c1-35-20-10-12-21(13-11-20)36(31(37)30-28(32)27-23(33)14-15-24(34)29(27)40-30)17-19-9-8-18(16-25(19)39-2)22-6-4-5-7-26(22)41(3)38/h4-9,14-16,20-21,35H,10-13,17H2,1-3H3. The number of benzene rings is 3. The minimum absolute atomic E-state index is 0.0334. The number of carbonyl (C=O) groups is 1. The number of amides is 1. The van der Waals surface area contributed by atoms with Gasteiger partial charge in [-0.2, -0.15) is 0 Å². The number of nitrogens with one attached hydrogen (secondary N) is 1. The van der Waals surface area contributed by atoms with Crippen LogP contribution in [-0.2, 0) is 17.3 Å². The van der Waals surface area contributed by atoms with E-state index in [0.29, 0.717) is 11.8 Å². The van der Waals surface area contributed by atoms with E-state index in [1.807, 2.05) is 49.5 Å². The van der Waals surface area contributed by atoms with Crippen molar-refractivity contribution >= 4 is 49.7 Å². The molecule has 0 bridgehead atoms. The maximum atomic E-state index is 14.6. The molecule has 10 heteroatoms. The molecule has 0 radical (unpaired) electrons. The number of thiophene rings is 1. The van der Waals surface area contributed by atoms with E-state index in [4.69, 9.17) is 16.3 Å². The van der Waals surface area contributed by atoms with Gasteiger partial charge in [0.15, 0.2) is 0 Å². The van der Waals surface area contributed by atoms with Crippen molar-refractivity contribution in [2.24, 2.45) is 0 Å². The van der Waals surface area contributed by atoms with Gasteiger partial charge in [0.05, 0.1) is 33.0 Å². The Morgan fingerprint density at radius 3 is 2.46 bits per heavy atom. The summed E-state index contributed by atoms with van der Waals surface area (Å²) in [7, 11) is 2.34. The highest BCUT2D eigenvalue weighted by molar-refractivity contribution is 7.84. The van der Waals surface area contributed by atoms with Crippen molar-refractivity contribution in [3.8, 4) is 16.9 Å². The third-order valence-electron chi connectivity index (χ3n) is 7.82. The molecule has 1 N–H and O–H groups in total. The molecular formula is C31H31ClF2N2O3S2. The van der Waals surface area contributed by atoms with Gasteiger partial charge in [-0.15, -0.1) is 11.3 Å². The van der Waals surface area contributed by atoms with Crippen LogP contribution in [0.4, 0.5) is 8.78 Å². The zero-order chi connectivity index (χ0) is 29.3. The second kappa shape index (κ2) is 12.6. The topological polar surface area (TPSA) is 58.6 Å². The molecule has 41 heavy (non-hydrogen) atoms. The van der Waals surface area contributed by atoms with Gasteiger partial charge in [-0.1, -0.05) is 41.9 Å². The number of methoxy groups -OCH3 is 1. The average molecular weight is 617 g/mol. The van der Waals surface area contributed by atoms with Crippen LogP contribution in [0.3, 0.4) is 0 Å². The first-order chi connectivity index (χ1) is 19.7. The Balaban J connectivity index is 1.54. The largest absolute Gasteiger partial charge is 0.496 e. The van der Waals surface area contributed by atoms with Crippen LogP contribution in [0, 0.1) is 11.6 Å². The third kappa shape index (κ3) is 5.91. The van der Waals surface area contributed by atoms with Crippen LogP contribution < -0.4 is 10.1 Å². The highest BCUT2D eigenvalue weighted by atomic mass is 35.5. The summed E-state index contributed by atoms with van der Waals surface area (Å²) >= 11 is 7.43. The van der Waals surface area contributed by atoms with Crippen molar-refractivity contribution in [3.63, 3.8) is 0 Å². The molecule has 0 spiro atoms. The smallest absolute Gasteiger partial charge is 0.266 e. The van der Waals surface area contributed by atoms with Crippen LogP contribution in [0.2, 0.25) is 5.02 Å². The molecule has 1 atom stereocenters. The van der Waals surface area contributed by atoms with E-state index in [-0.39, 0.29) is 38.5 Å². The van der Waals surface area contributed by atoms with Gasteiger partial charge in [0, 0.05) is 35.3 Å². The van der Waals surface area contributed by atoms with Crippen molar-refractivity contribution in [1.29, 1.82) is 0 Å². The van der Waals surface area contributed by atoms with Crippen molar-refractivity contribution in [1.82, 2.24) is 10.2 Å². The number of hydrogen-bond acceptors (Lipinski definition) is 5. The molecule has 1 amide bonds. The molecule has 5 nitrogen and oxygen atoms in total. The number of hydrogen-bond donors (Lipinski definition) is 1. The van der Waals surface area contributed by atoms with Crippen LogP contribution in [0.5, 0.6) is 5.75 Å². The van der Waals surface area contributed by atoms with E-state index in [1.54, 1.807) is 18.3 Å². The number of fused-ring (bicyclic) bond motifs is 1. The Morgan fingerprint density at radius 1 is 1.10 bits per heavy atom. The zero-order valence-corrected chi connectivity index (χ0v) is 25.4. The molecule has 3 aromatic carbocycles. The van der Waals surface area contributed by atoms with Gasteiger partial charge >= 0.3 is 0 Å². The molecule has 0 aliphatic heterocycles. The lowest BCUT2D eigenvalue weighted by molar-refractivity contribution is 0.0604. The van der Waals surface area contributed by atoms with Crippen molar-refractivity contribution in [2.75, 3.05) is 20.4 Å². The van der Waals surface area contributed by atoms with E-state index in [0.717, 1.165) is 70.7 Å². The second-order valence-electron chi connectivity index (χ2n) is 10.2. The lowest BCUT2D eigenvalue weighted by Crippen LogP contribution is -2.44. The molecule has 1 saturated carbocycles. The molecule has 1 heterocycles. The third-order valence-corrected chi connectivity index (χ3v) is 10.5. The maximum absolute atomic E-state index is 14.6. The van der Waals surface area contributed by atoms with Gasteiger partial charge in [-0.3, -0.25) is 9.00 Å². The SMILES string of the molecule is CNC1CCC(N(Cc2ccc(-c3ccccc3S(C)=O)cc2OC)C(=O)c2sc3c(F)ccc(F)c3c2Cl)CC1. The molecule has 216 valence electrons. The fourth-order valence-electron chi connectivity index (χ4n) is 5.59. The first-order valence-electron chi connectivity index (χ1n) is 13.4. The fourth-order valence-corrected chi connectivity index (χ4v) is 7.86. The van der Waals surface area contributed by atoms with E-state index in [2.05, 4.69) is 5.32 Å². The van der Waals surface area contributed by atoms with E-state index >= 15 is 0 Å². The molecule has 1 unspecified atom stereocenters. The van der Waals surface area contributed by atoms with Crippen molar-refractivity contribution < 1.29 is 22.5 Å². The summed E-state index contributed by atoms with van der Waals surface area (Å²) in [6.07, 6.45) is 5.00. The lowest BCUT2D eigenvalue weighted by Gasteiger charge is -2.37. The molecule has 1 fully saturated rings. The molecule has 1 aliphatic carbocycles. The average Bonchev–Trinajstić information content (AvgIpc) is 3.35. The second-order valence-corrected chi connectivity index (χ2v) is 12.9. The van der Waals surface area contributed by atoms with Crippen LogP contribution in [0.1, 0.15) is 40.9 Å². The minimum atomic E-state index is -1.17. The minimum Gasteiger partial charge on any atom is -0.496 e. The lowest BCUT2D eigenvalue weighted by atomic mass is 9.89. The quantitative estimate of drug-likeness (QED) is 0.224. The molecule has 1 aromatic heterocycles. The van der Waals surface area contributed by atoms with Gasteiger partial charge in [-0.05, 0) is 68.1 Å². The van der Waals surface area contributed by atoms with E-state index < -0.39 is 22.4 Å². The normalized spacial score (nSPS) is 17.9. The number of carbonyl (C=O) groups excluding carboxylic acids is 1. The summed E-state index contributed by atoms with van der Waals surface area (Å²) in [5, 5.41) is 3.19. The predicted octanol–water partition coefficient (Wildman–Crippen LogP) is 7.42. The number of ether oxygens (including phenoxy) is 1. The van der Waals surface area contributed by atoms with Gasteiger partial charge < -0.3 is 15.0 Å². The van der Waals surface area contributed by atoms with Crippen molar-refractivity contribution in [2.45, 2.75) is 49.2 Å². The molecule has 0 saturated heterocycles. The molecule has 5 rings (SSSR count). The Bertz CT molecular complexity index is 1620. The summed E-state index contributed by atoms with van der Waals surface area (Å²) in [6, 6.07) is 15.6. The number of rotatable bonds is 8. The van der Waals surface area contributed by atoms with Crippen molar-refractivity contribution in [3.05, 3.63) is 81.7 Å². The Morgan fingerprint density at radius 2 is 1.80 bits per heavy atom. The summed E-state index contributed by atoms with van der Waals surface area (Å²) in [5.41, 5.74) is 2.48. The first kappa shape index (κ1) is 29.6. The summed E-state index contributed by atoms with van der Waals surface area (Å²) < 4.78 is 47.4. The Labute approximate surface area is 249 Å². The predicted molar refractivity (Wildman–Crippen MR) is 162 cm³/mol. The maximum Gasteiger partial charge on any atom is 0.266 e. The molecule has 4 aromatic rings. The van der Waals surface area contributed by atoms with E-state index in [1.165, 1.54) is 0 Å². The molecular weight excluding hydrogens is 586 g/mol. The van der Waals surface area contributed by atoms with Crippen LogP contribution in [-0.4, -0.2) is 47.5 Å². The van der Waals surface area contributed by atoms with Crippen LogP contribution >= 0.6 is 22.9 Å². The monoisotopic (exact) mass is 616 g/mol. The van der Waals surface area contributed by atoms with Gasteiger partial charge in [0.2, 0.25) is 0 Å². The van der Waals surface area contributed by atoms with Gasteiger partial charge in [0.1, 0.15) is 22.3 Å². The summed E-state index contributed by atoms with van der Waals surface area (Å²) in [6.45, 7) is 0.230. The Kier molecular flexibility index (Phi) is 9.09. The number of halogens is 3. The first-order valence-corrected chi connectivity index (χ1v) is 16.1. The van der Waals surface area contributed by atoms with E-state index in [9.17, 15) is 17.8 Å².